The highest BCUT2D eigenvalue weighted by Crippen LogP contribution is 2.46. The fraction of sp³-hybridized carbons (Fsp3) is 0.176. The minimum absolute atomic E-state index is 0.0637. The average Bonchev–Trinajstić information content (AvgIpc) is 3.28. The average molecular weight is 395 g/mol. The van der Waals surface area contributed by atoms with Crippen molar-refractivity contribution in [3.63, 3.8) is 0 Å². The van der Waals surface area contributed by atoms with Gasteiger partial charge in [0.25, 0.3) is 5.89 Å². The largest absolute Gasteiger partial charge is 0.458 e. The Morgan fingerprint density at radius 3 is 2.50 bits per heavy atom. The van der Waals surface area contributed by atoms with Crippen molar-refractivity contribution in [2.45, 2.75) is 19.0 Å². The lowest BCUT2D eigenvalue weighted by atomic mass is 10.0. The molecule has 0 spiro atoms. The normalized spacial score (nSPS) is 12.8. The Balaban J connectivity index is 2.08. The van der Waals surface area contributed by atoms with Crippen LogP contribution in [0.5, 0.6) is 0 Å². The van der Waals surface area contributed by atoms with E-state index in [-0.39, 0.29) is 39.5 Å². The summed E-state index contributed by atoms with van der Waals surface area (Å²) in [5.41, 5.74) is -0.722. The van der Waals surface area contributed by atoms with E-state index in [2.05, 4.69) is 26.7 Å². The molecule has 11 heteroatoms. The summed E-state index contributed by atoms with van der Waals surface area (Å²) in [7, 11) is 0. The first-order valence-corrected chi connectivity index (χ1v) is 7.80. The Kier molecular flexibility index (Phi) is 3.74. The van der Waals surface area contributed by atoms with Gasteiger partial charge in [-0.2, -0.15) is 22.0 Å². The summed E-state index contributed by atoms with van der Waals surface area (Å²) in [5.74, 6) is -5.02. The van der Waals surface area contributed by atoms with Crippen LogP contribution < -0.4 is 0 Å². The van der Waals surface area contributed by atoms with Crippen molar-refractivity contribution in [3.8, 4) is 11.6 Å². The third kappa shape index (κ3) is 2.62. The van der Waals surface area contributed by atoms with Gasteiger partial charge in [-0.3, -0.25) is 4.40 Å². The number of imidazole rings is 1. The van der Waals surface area contributed by atoms with Crippen LogP contribution in [0.4, 0.5) is 22.0 Å². The highest BCUT2D eigenvalue weighted by Gasteiger charge is 2.59. The van der Waals surface area contributed by atoms with Crippen molar-refractivity contribution in [1.82, 2.24) is 24.6 Å². The number of aromatic nitrogens is 5. The smallest absolute Gasteiger partial charge is 0.422 e. The van der Waals surface area contributed by atoms with Gasteiger partial charge in [-0.25, -0.2) is 9.97 Å². The van der Waals surface area contributed by atoms with Crippen molar-refractivity contribution >= 4 is 22.3 Å². The third-order valence-corrected chi connectivity index (χ3v) is 4.11. The summed E-state index contributed by atoms with van der Waals surface area (Å²) in [6, 6.07) is 3.14. The highest BCUT2D eigenvalue weighted by atomic mass is 19.4. The van der Waals surface area contributed by atoms with Crippen molar-refractivity contribution in [1.29, 1.82) is 0 Å². The van der Waals surface area contributed by atoms with Crippen molar-refractivity contribution in [3.05, 3.63) is 48.6 Å². The summed E-state index contributed by atoms with van der Waals surface area (Å²) in [6.45, 7) is 5.06. The number of halogens is 5. The molecule has 0 atom stereocenters. The monoisotopic (exact) mass is 395 g/mol. The SMILES string of the molecule is C=C(C)c1cc(C(F)(F)C(F)(F)F)c2ccc3nc(-c4nnco4)cn3c2n1. The molecule has 0 aromatic carbocycles. The van der Waals surface area contributed by atoms with E-state index in [1.54, 1.807) is 0 Å². The molecule has 0 bridgehead atoms. The molecule has 4 aromatic heterocycles. The maximum Gasteiger partial charge on any atom is 0.458 e. The van der Waals surface area contributed by atoms with E-state index < -0.39 is 17.7 Å². The summed E-state index contributed by atoms with van der Waals surface area (Å²) >= 11 is 0. The number of nitrogens with zero attached hydrogens (tertiary/aromatic N) is 5. The molecule has 0 aliphatic rings. The van der Waals surface area contributed by atoms with Gasteiger partial charge in [-0.15, -0.1) is 10.2 Å². The van der Waals surface area contributed by atoms with Gasteiger partial charge in [-0.1, -0.05) is 6.58 Å². The van der Waals surface area contributed by atoms with Gasteiger partial charge in [0.15, 0.2) is 0 Å². The summed E-state index contributed by atoms with van der Waals surface area (Å²) in [5, 5.41) is 6.86. The lowest BCUT2D eigenvalue weighted by Crippen LogP contribution is -2.34. The molecule has 4 heterocycles. The highest BCUT2D eigenvalue weighted by molar-refractivity contribution is 5.85. The number of allylic oxidation sites excluding steroid dienone is 1. The fourth-order valence-electron chi connectivity index (χ4n) is 2.75. The van der Waals surface area contributed by atoms with Crippen LogP contribution in [0.15, 0.2) is 41.8 Å². The maximum absolute atomic E-state index is 14.2. The lowest BCUT2D eigenvalue weighted by molar-refractivity contribution is -0.288. The van der Waals surface area contributed by atoms with Crippen molar-refractivity contribution in [2.24, 2.45) is 0 Å². The molecule has 0 aliphatic carbocycles. The number of hydrogen-bond acceptors (Lipinski definition) is 5. The Morgan fingerprint density at radius 1 is 1.14 bits per heavy atom. The van der Waals surface area contributed by atoms with Gasteiger partial charge in [0.05, 0.1) is 5.69 Å². The summed E-state index contributed by atoms with van der Waals surface area (Å²) < 4.78 is 73.9. The van der Waals surface area contributed by atoms with Gasteiger partial charge < -0.3 is 4.42 Å². The molecule has 4 rings (SSSR count). The number of alkyl halides is 5. The number of hydrogen-bond donors (Lipinski definition) is 0. The van der Waals surface area contributed by atoms with E-state index in [0.29, 0.717) is 6.07 Å². The molecule has 0 unspecified atom stereocenters. The van der Waals surface area contributed by atoms with Crippen molar-refractivity contribution in [2.75, 3.05) is 0 Å². The molecule has 0 aliphatic heterocycles. The van der Waals surface area contributed by atoms with Crippen LogP contribution in [0.1, 0.15) is 18.2 Å². The maximum atomic E-state index is 14.2. The van der Waals surface area contributed by atoms with Crippen LogP contribution in [0.3, 0.4) is 0 Å². The molecule has 4 aromatic rings. The first kappa shape index (κ1) is 18.0. The van der Waals surface area contributed by atoms with E-state index in [9.17, 15) is 22.0 Å². The zero-order valence-corrected chi connectivity index (χ0v) is 14.1. The molecular weight excluding hydrogens is 385 g/mol. The number of rotatable bonds is 3. The molecule has 28 heavy (non-hydrogen) atoms. The zero-order chi connectivity index (χ0) is 20.3. The second-order valence-electron chi connectivity index (χ2n) is 6.08. The van der Waals surface area contributed by atoms with Gasteiger partial charge in [0.2, 0.25) is 6.39 Å². The molecule has 144 valence electrons. The fourth-order valence-corrected chi connectivity index (χ4v) is 2.75. The first-order chi connectivity index (χ1) is 13.1. The zero-order valence-electron chi connectivity index (χ0n) is 14.1. The third-order valence-electron chi connectivity index (χ3n) is 4.11. The van der Waals surface area contributed by atoms with Crippen molar-refractivity contribution < 1.29 is 26.4 Å². The van der Waals surface area contributed by atoms with E-state index >= 15 is 0 Å². The molecule has 0 N–H and O–H groups in total. The minimum atomic E-state index is -5.77. The number of pyridine rings is 2. The minimum Gasteiger partial charge on any atom is -0.422 e. The van der Waals surface area contributed by atoms with Gasteiger partial charge in [0, 0.05) is 17.1 Å². The molecular formula is C17H10F5N5O. The Morgan fingerprint density at radius 2 is 1.89 bits per heavy atom. The van der Waals surface area contributed by atoms with Gasteiger partial charge in [-0.05, 0) is 30.7 Å². The predicted molar refractivity (Wildman–Crippen MR) is 88.4 cm³/mol. The molecule has 0 radical (unpaired) electrons. The van der Waals surface area contributed by atoms with Crippen LogP contribution >= 0.6 is 0 Å². The Bertz CT molecular complexity index is 1210. The molecule has 0 amide bonds. The second-order valence-corrected chi connectivity index (χ2v) is 6.08. The van der Waals surface area contributed by atoms with Crippen LogP contribution in [0, 0.1) is 0 Å². The molecule has 0 saturated carbocycles. The van der Waals surface area contributed by atoms with E-state index in [1.807, 2.05) is 0 Å². The molecule has 0 fully saturated rings. The predicted octanol–water partition coefficient (Wildman–Crippen LogP) is 4.62. The molecule has 6 nitrogen and oxygen atoms in total. The first-order valence-electron chi connectivity index (χ1n) is 7.80. The lowest BCUT2D eigenvalue weighted by Gasteiger charge is -2.22. The standard InChI is InChI=1S/C17H10F5N5O/c1-8(2)11-5-10(16(18,19)17(20,21)22)9-3-4-13-24-12(15-26-23-7-28-15)6-27(13)14(9)25-11/h3-7H,1H2,2H3. The number of fused-ring (bicyclic) bond motifs is 3. The van der Waals surface area contributed by atoms with Crippen LogP contribution in [-0.2, 0) is 5.92 Å². The van der Waals surface area contributed by atoms with E-state index in [1.165, 1.54) is 23.6 Å². The van der Waals surface area contributed by atoms with Gasteiger partial charge in [0.1, 0.15) is 17.0 Å². The quantitative estimate of drug-likeness (QED) is 0.474. The van der Waals surface area contributed by atoms with Gasteiger partial charge >= 0.3 is 12.1 Å². The topological polar surface area (TPSA) is 69.1 Å². The summed E-state index contributed by atoms with van der Waals surface area (Å²) in [6.07, 6.45) is -3.32. The second kappa shape index (κ2) is 5.81. The summed E-state index contributed by atoms with van der Waals surface area (Å²) in [4.78, 5) is 8.42. The van der Waals surface area contributed by atoms with Crippen LogP contribution in [-0.4, -0.2) is 30.7 Å². The van der Waals surface area contributed by atoms with Crippen LogP contribution in [0.2, 0.25) is 0 Å². The van der Waals surface area contributed by atoms with E-state index in [4.69, 9.17) is 4.42 Å². The molecule has 0 saturated heterocycles. The Hall–Kier alpha value is -3.37. The van der Waals surface area contributed by atoms with Crippen LogP contribution in [0.25, 0.3) is 33.8 Å². The Labute approximate surface area is 153 Å². The van der Waals surface area contributed by atoms with E-state index in [0.717, 1.165) is 12.5 Å².